The molecule has 0 saturated carbocycles. The highest BCUT2D eigenvalue weighted by molar-refractivity contribution is 7.09. The highest BCUT2D eigenvalue weighted by Gasteiger charge is 2.37. The van der Waals surface area contributed by atoms with Crippen molar-refractivity contribution in [3.05, 3.63) is 16.1 Å². The Kier molecular flexibility index (Phi) is 3.92. The molecule has 1 N–H and O–H groups in total. The Morgan fingerprint density at radius 1 is 1.42 bits per heavy atom. The van der Waals surface area contributed by atoms with E-state index in [-0.39, 0.29) is 0 Å². The Bertz CT molecular complexity index is 419. The van der Waals surface area contributed by atoms with Crippen LogP contribution >= 0.6 is 11.3 Å². The summed E-state index contributed by atoms with van der Waals surface area (Å²) in [6.45, 7) is 7.84. The van der Waals surface area contributed by atoms with Gasteiger partial charge in [-0.2, -0.15) is 0 Å². The van der Waals surface area contributed by atoms with Gasteiger partial charge in [-0.3, -0.25) is 4.90 Å². The first-order chi connectivity index (χ1) is 9.17. The molecule has 0 spiro atoms. The van der Waals surface area contributed by atoms with E-state index in [0.29, 0.717) is 6.04 Å². The Labute approximate surface area is 120 Å². The molecular weight excluding hydrogens is 254 g/mol. The maximum absolute atomic E-state index is 4.69. The predicted octanol–water partition coefficient (Wildman–Crippen LogP) is 3.12. The maximum atomic E-state index is 4.69. The summed E-state index contributed by atoms with van der Waals surface area (Å²) in [6.07, 6.45) is 5.39. The monoisotopic (exact) mass is 279 g/mol. The average Bonchev–Trinajstić information content (AvgIpc) is 2.97. The normalized spacial score (nSPS) is 31.9. The fourth-order valence-electron chi connectivity index (χ4n) is 3.89. The molecule has 0 amide bonds. The average molecular weight is 279 g/mol. The van der Waals surface area contributed by atoms with Crippen LogP contribution in [0.3, 0.4) is 0 Å². The molecule has 2 aliphatic heterocycles. The van der Waals surface area contributed by atoms with E-state index in [9.17, 15) is 0 Å². The van der Waals surface area contributed by atoms with Crippen molar-refractivity contribution < 1.29 is 0 Å². The summed E-state index contributed by atoms with van der Waals surface area (Å²) in [6, 6.07) is 2.72. The van der Waals surface area contributed by atoms with Gasteiger partial charge in [0.15, 0.2) is 0 Å². The van der Waals surface area contributed by atoms with Crippen LogP contribution in [0.2, 0.25) is 0 Å². The maximum Gasteiger partial charge on any atom is 0.0898 e. The number of nitrogens with zero attached hydrogens (tertiary/aromatic N) is 2. The number of piperidine rings is 1. The molecular formula is C15H25N3S. The van der Waals surface area contributed by atoms with Crippen molar-refractivity contribution in [1.82, 2.24) is 15.2 Å². The van der Waals surface area contributed by atoms with Gasteiger partial charge in [0.25, 0.3) is 0 Å². The number of hydrogen-bond donors (Lipinski definition) is 1. The molecule has 0 aliphatic carbocycles. The van der Waals surface area contributed by atoms with Gasteiger partial charge in [0, 0.05) is 23.5 Å². The summed E-state index contributed by atoms with van der Waals surface area (Å²) in [4.78, 5) is 7.36. The minimum Gasteiger partial charge on any atom is -0.311 e. The lowest BCUT2D eigenvalue weighted by Crippen LogP contribution is -2.48. The number of fused-ring (bicyclic) bond motifs is 2. The van der Waals surface area contributed by atoms with Gasteiger partial charge in [0.05, 0.1) is 16.7 Å². The zero-order chi connectivity index (χ0) is 13.4. The molecule has 0 aromatic carbocycles. The van der Waals surface area contributed by atoms with Crippen LogP contribution in [0.25, 0.3) is 0 Å². The second-order valence-electron chi connectivity index (χ2n) is 6.06. The molecule has 3 rings (SSSR count). The van der Waals surface area contributed by atoms with E-state index in [1.807, 2.05) is 0 Å². The third-order valence-corrected chi connectivity index (χ3v) is 5.64. The van der Waals surface area contributed by atoms with E-state index in [0.717, 1.165) is 24.7 Å². The number of hydrogen-bond acceptors (Lipinski definition) is 4. The molecule has 1 aromatic rings. The molecule has 106 valence electrons. The van der Waals surface area contributed by atoms with Gasteiger partial charge in [-0.25, -0.2) is 4.98 Å². The zero-order valence-corrected chi connectivity index (χ0v) is 13.0. The topological polar surface area (TPSA) is 28.2 Å². The van der Waals surface area contributed by atoms with Gasteiger partial charge in [0.2, 0.25) is 0 Å². The second kappa shape index (κ2) is 5.51. The quantitative estimate of drug-likeness (QED) is 0.918. The van der Waals surface area contributed by atoms with Crippen LogP contribution < -0.4 is 5.32 Å². The first-order valence-electron chi connectivity index (χ1n) is 7.61. The van der Waals surface area contributed by atoms with Crippen molar-refractivity contribution in [3.63, 3.8) is 0 Å². The fourth-order valence-corrected chi connectivity index (χ4v) is 4.59. The SMILES string of the molecule is CCN(C1CC2CCC(C1)N2)C(C)c1csc(C)n1. The molecule has 3 unspecified atom stereocenters. The molecule has 2 bridgehead atoms. The lowest BCUT2D eigenvalue weighted by molar-refractivity contribution is 0.106. The standard InChI is InChI=1S/C15H25N3S/c1-4-18(10(2)15-9-19-11(3)16-15)14-7-12-5-6-13(8-14)17-12/h9-10,12-14,17H,4-8H2,1-3H3. The van der Waals surface area contributed by atoms with Crippen LogP contribution in [0.1, 0.15) is 56.3 Å². The van der Waals surface area contributed by atoms with E-state index in [1.165, 1.54) is 36.4 Å². The third kappa shape index (κ3) is 2.71. The summed E-state index contributed by atoms with van der Waals surface area (Å²) < 4.78 is 0. The summed E-state index contributed by atoms with van der Waals surface area (Å²) in [5, 5.41) is 7.16. The minimum absolute atomic E-state index is 0.456. The Morgan fingerprint density at radius 2 is 2.11 bits per heavy atom. The van der Waals surface area contributed by atoms with E-state index in [4.69, 9.17) is 0 Å². The van der Waals surface area contributed by atoms with E-state index < -0.39 is 0 Å². The highest BCUT2D eigenvalue weighted by atomic mass is 32.1. The van der Waals surface area contributed by atoms with Crippen LogP contribution in [0.5, 0.6) is 0 Å². The fraction of sp³-hybridized carbons (Fsp3) is 0.800. The Morgan fingerprint density at radius 3 is 2.63 bits per heavy atom. The molecule has 1 aromatic heterocycles. The van der Waals surface area contributed by atoms with Crippen molar-refractivity contribution in [2.24, 2.45) is 0 Å². The van der Waals surface area contributed by atoms with E-state index in [2.05, 4.69) is 41.4 Å². The highest BCUT2D eigenvalue weighted by Crippen LogP contribution is 2.33. The molecule has 3 heterocycles. The molecule has 3 nitrogen and oxygen atoms in total. The number of nitrogens with one attached hydrogen (secondary N) is 1. The van der Waals surface area contributed by atoms with Crippen molar-refractivity contribution in [3.8, 4) is 0 Å². The smallest absolute Gasteiger partial charge is 0.0898 e. The van der Waals surface area contributed by atoms with Crippen LogP contribution in [0.4, 0.5) is 0 Å². The molecule has 2 aliphatic rings. The van der Waals surface area contributed by atoms with Gasteiger partial charge in [-0.05, 0) is 46.1 Å². The van der Waals surface area contributed by atoms with Gasteiger partial charge < -0.3 is 5.32 Å². The first-order valence-corrected chi connectivity index (χ1v) is 8.49. The van der Waals surface area contributed by atoms with Crippen molar-refractivity contribution in [2.45, 2.75) is 70.6 Å². The summed E-state index contributed by atoms with van der Waals surface area (Å²) >= 11 is 1.77. The first kappa shape index (κ1) is 13.5. The van der Waals surface area contributed by atoms with Crippen LogP contribution in [-0.4, -0.2) is 34.6 Å². The molecule has 19 heavy (non-hydrogen) atoms. The number of rotatable bonds is 4. The van der Waals surface area contributed by atoms with Crippen molar-refractivity contribution in [1.29, 1.82) is 0 Å². The molecule has 0 radical (unpaired) electrons. The van der Waals surface area contributed by atoms with Crippen LogP contribution in [0.15, 0.2) is 5.38 Å². The second-order valence-corrected chi connectivity index (χ2v) is 7.12. The van der Waals surface area contributed by atoms with Gasteiger partial charge in [-0.1, -0.05) is 6.92 Å². The molecule has 2 fully saturated rings. The third-order valence-electron chi connectivity index (χ3n) is 4.84. The largest absolute Gasteiger partial charge is 0.311 e. The predicted molar refractivity (Wildman–Crippen MR) is 80.6 cm³/mol. The molecule has 3 atom stereocenters. The van der Waals surface area contributed by atoms with Crippen molar-refractivity contribution >= 4 is 11.3 Å². The van der Waals surface area contributed by atoms with Crippen molar-refractivity contribution in [2.75, 3.05) is 6.54 Å². The summed E-state index contributed by atoms with van der Waals surface area (Å²) in [5.74, 6) is 0. The number of thiazole rings is 1. The number of aryl methyl sites for hydroxylation is 1. The van der Waals surface area contributed by atoms with Crippen LogP contribution in [0, 0.1) is 6.92 Å². The zero-order valence-electron chi connectivity index (χ0n) is 12.2. The van der Waals surface area contributed by atoms with Gasteiger partial charge in [0.1, 0.15) is 0 Å². The lowest BCUT2D eigenvalue weighted by Gasteiger charge is -2.40. The van der Waals surface area contributed by atoms with Gasteiger partial charge >= 0.3 is 0 Å². The van der Waals surface area contributed by atoms with E-state index in [1.54, 1.807) is 11.3 Å². The van der Waals surface area contributed by atoms with Crippen LogP contribution in [-0.2, 0) is 0 Å². The van der Waals surface area contributed by atoms with Gasteiger partial charge in [-0.15, -0.1) is 11.3 Å². The Hall–Kier alpha value is -0.450. The van der Waals surface area contributed by atoms with E-state index >= 15 is 0 Å². The lowest BCUT2D eigenvalue weighted by atomic mass is 9.96. The number of aromatic nitrogens is 1. The summed E-state index contributed by atoms with van der Waals surface area (Å²) in [5.41, 5.74) is 1.26. The minimum atomic E-state index is 0.456. The molecule has 2 saturated heterocycles. The summed E-state index contributed by atoms with van der Waals surface area (Å²) in [7, 11) is 0. The Balaban J connectivity index is 1.73. The molecule has 4 heteroatoms.